The predicted octanol–water partition coefficient (Wildman–Crippen LogP) is 5.18. The molecule has 2 aliphatic heterocycles. The number of nitrogens with zero attached hydrogens (tertiary/aromatic N) is 6. The second-order valence-corrected chi connectivity index (χ2v) is 12.0. The first kappa shape index (κ1) is 29.6. The zero-order chi connectivity index (χ0) is 31.4. The summed E-state index contributed by atoms with van der Waals surface area (Å²) in [6.07, 6.45) is 3.52. The number of pyridine rings is 2. The molecule has 1 amide bonds. The molecule has 12 heteroatoms. The molecule has 10 nitrogen and oxygen atoms in total. The molecule has 1 aromatic carbocycles. The Morgan fingerprint density at radius 2 is 2.02 bits per heavy atom. The van der Waals surface area contributed by atoms with Crippen LogP contribution >= 0.6 is 11.6 Å². The zero-order valence-electron chi connectivity index (χ0n) is 24.9. The molecule has 2 N–H and O–H groups in total. The standard InChI is InChI=1S/C32H33ClFN7O3/c1-6-22(43)39-15-19-11-13-36-27-24-30(40(19)14-18(39)5)38-32(44)41(29-17(4)10-12-35-26(29)16(2)3)31(24)37-28(25(27)34)23-20(33)8-7-9-21(23)42/h6-10,12,16,18-19,36,42H,1,11,13-15H2,2-5H3. The number of fused-ring (bicyclic) bond motifs is 2. The van der Waals surface area contributed by atoms with Crippen molar-refractivity contribution in [2.75, 3.05) is 29.9 Å². The smallest absolute Gasteiger partial charge is 0.355 e. The van der Waals surface area contributed by atoms with Crippen molar-refractivity contribution in [3.63, 3.8) is 0 Å². The Morgan fingerprint density at radius 1 is 1.25 bits per heavy atom. The van der Waals surface area contributed by atoms with Crippen LogP contribution in [0.25, 0.3) is 28.0 Å². The minimum Gasteiger partial charge on any atom is -0.507 e. The number of phenolic OH excluding ortho intramolecular Hbond substituents is 1. The van der Waals surface area contributed by atoms with Gasteiger partial charge < -0.3 is 20.2 Å². The van der Waals surface area contributed by atoms with Gasteiger partial charge in [0.25, 0.3) is 0 Å². The van der Waals surface area contributed by atoms with Gasteiger partial charge in [0.15, 0.2) is 11.5 Å². The minimum atomic E-state index is -0.729. The number of benzene rings is 1. The highest BCUT2D eigenvalue weighted by Gasteiger charge is 2.38. The number of phenols is 1. The van der Waals surface area contributed by atoms with Gasteiger partial charge in [0.1, 0.15) is 17.3 Å². The van der Waals surface area contributed by atoms with Crippen LogP contribution in [-0.4, -0.2) is 67.2 Å². The molecule has 0 aliphatic carbocycles. The molecule has 228 valence electrons. The third-order valence-corrected chi connectivity index (χ3v) is 8.77. The van der Waals surface area contributed by atoms with Crippen LogP contribution in [-0.2, 0) is 4.79 Å². The SMILES string of the molecule is C=CC(=O)N1CC2CCNc3c(F)c(-c4c(O)cccc4Cl)nc4c3c(nc(=O)n4-c3c(C)ccnc3C(C)C)N2CC1C. The van der Waals surface area contributed by atoms with Gasteiger partial charge in [-0.15, -0.1) is 0 Å². The van der Waals surface area contributed by atoms with E-state index in [0.717, 1.165) is 5.56 Å². The molecule has 2 aliphatic rings. The summed E-state index contributed by atoms with van der Waals surface area (Å²) in [5.74, 6) is -0.933. The summed E-state index contributed by atoms with van der Waals surface area (Å²) in [5.41, 5.74) is 1.38. The van der Waals surface area contributed by atoms with Gasteiger partial charge in [0.2, 0.25) is 5.91 Å². The molecular weight excluding hydrogens is 585 g/mol. The second kappa shape index (κ2) is 11.2. The molecule has 5 heterocycles. The summed E-state index contributed by atoms with van der Waals surface area (Å²) in [6, 6.07) is 5.88. The lowest BCUT2D eigenvalue weighted by molar-refractivity contribution is -0.128. The number of carbonyl (C=O) groups excluding carboxylic acids is 1. The molecule has 0 radical (unpaired) electrons. The fourth-order valence-corrected chi connectivity index (χ4v) is 6.58. The van der Waals surface area contributed by atoms with Gasteiger partial charge in [-0.3, -0.25) is 9.78 Å². The summed E-state index contributed by atoms with van der Waals surface area (Å²) in [6.45, 7) is 12.5. The summed E-state index contributed by atoms with van der Waals surface area (Å²) in [7, 11) is 0. The maximum absolute atomic E-state index is 16.7. The van der Waals surface area contributed by atoms with Gasteiger partial charge in [-0.1, -0.05) is 38.1 Å². The average Bonchev–Trinajstić information content (AvgIpc) is 2.97. The van der Waals surface area contributed by atoms with E-state index in [4.69, 9.17) is 16.6 Å². The summed E-state index contributed by atoms with van der Waals surface area (Å²) < 4.78 is 18.1. The van der Waals surface area contributed by atoms with Crippen LogP contribution in [0, 0.1) is 12.7 Å². The van der Waals surface area contributed by atoms with Crippen molar-refractivity contribution in [1.29, 1.82) is 0 Å². The van der Waals surface area contributed by atoms with E-state index in [1.54, 1.807) is 29.3 Å². The van der Waals surface area contributed by atoms with E-state index in [0.29, 0.717) is 42.8 Å². The molecular formula is C32H33ClFN7O3. The fourth-order valence-electron chi connectivity index (χ4n) is 6.32. The van der Waals surface area contributed by atoms with Gasteiger partial charge in [-0.25, -0.2) is 18.7 Å². The van der Waals surface area contributed by atoms with Crippen LogP contribution in [0.1, 0.15) is 44.4 Å². The number of halogens is 2. The second-order valence-electron chi connectivity index (χ2n) is 11.6. The number of rotatable bonds is 4. The van der Waals surface area contributed by atoms with E-state index in [1.165, 1.54) is 16.7 Å². The predicted molar refractivity (Wildman–Crippen MR) is 169 cm³/mol. The Bertz CT molecular complexity index is 1870. The Labute approximate surface area is 258 Å². The third-order valence-electron chi connectivity index (χ3n) is 8.45. The average molecular weight is 618 g/mol. The van der Waals surface area contributed by atoms with Crippen molar-refractivity contribution in [1.82, 2.24) is 24.4 Å². The largest absolute Gasteiger partial charge is 0.507 e. The van der Waals surface area contributed by atoms with Crippen LogP contribution in [0.15, 0.2) is 47.9 Å². The van der Waals surface area contributed by atoms with E-state index in [1.807, 2.05) is 32.6 Å². The van der Waals surface area contributed by atoms with Crippen LogP contribution < -0.4 is 15.9 Å². The molecule has 0 saturated carbocycles. The minimum absolute atomic E-state index is 0.0149. The van der Waals surface area contributed by atoms with Crippen molar-refractivity contribution in [2.24, 2.45) is 0 Å². The van der Waals surface area contributed by atoms with Crippen molar-refractivity contribution in [3.8, 4) is 22.7 Å². The number of amides is 1. The Hall–Kier alpha value is -4.51. The van der Waals surface area contributed by atoms with Crippen molar-refractivity contribution < 1.29 is 14.3 Å². The van der Waals surface area contributed by atoms with Crippen molar-refractivity contribution in [2.45, 2.75) is 52.1 Å². The summed E-state index contributed by atoms with van der Waals surface area (Å²) >= 11 is 6.50. The summed E-state index contributed by atoms with van der Waals surface area (Å²) in [5, 5.41) is 14.5. The number of anilines is 2. The third kappa shape index (κ3) is 4.66. The highest BCUT2D eigenvalue weighted by atomic mass is 35.5. The fraction of sp³-hybridized carbons (Fsp3) is 0.344. The summed E-state index contributed by atoms with van der Waals surface area (Å²) in [4.78, 5) is 44.6. The lowest BCUT2D eigenvalue weighted by Crippen LogP contribution is -2.60. The Balaban J connectivity index is 1.73. The first-order valence-corrected chi connectivity index (χ1v) is 14.9. The number of piperazine rings is 1. The van der Waals surface area contributed by atoms with Crippen LogP contribution in [0.3, 0.4) is 0 Å². The number of carbonyl (C=O) groups is 1. The number of aromatic nitrogens is 4. The normalized spacial score (nSPS) is 18.1. The first-order valence-electron chi connectivity index (χ1n) is 14.6. The van der Waals surface area contributed by atoms with Gasteiger partial charge in [0.05, 0.1) is 33.0 Å². The molecule has 2 atom stereocenters. The molecule has 0 bridgehead atoms. The topological polar surface area (TPSA) is 116 Å². The van der Waals surface area contributed by atoms with Gasteiger partial charge in [0, 0.05) is 37.9 Å². The quantitative estimate of drug-likeness (QED) is 0.301. The van der Waals surface area contributed by atoms with Crippen molar-refractivity contribution in [3.05, 3.63) is 75.7 Å². The lowest BCUT2D eigenvalue weighted by Gasteiger charge is -2.46. The van der Waals surface area contributed by atoms with E-state index < -0.39 is 11.5 Å². The van der Waals surface area contributed by atoms with E-state index in [-0.39, 0.29) is 63.1 Å². The first-order chi connectivity index (χ1) is 21.0. The number of aromatic hydroxyl groups is 1. The zero-order valence-corrected chi connectivity index (χ0v) is 25.7. The van der Waals surface area contributed by atoms with Crippen LogP contribution in [0.4, 0.5) is 15.9 Å². The molecule has 6 rings (SSSR count). The van der Waals surface area contributed by atoms with E-state index in [9.17, 15) is 14.7 Å². The molecule has 3 aromatic heterocycles. The number of hydrogen-bond donors (Lipinski definition) is 2. The number of nitrogens with one attached hydrogen (secondary N) is 1. The molecule has 2 unspecified atom stereocenters. The monoisotopic (exact) mass is 617 g/mol. The van der Waals surface area contributed by atoms with Gasteiger partial charge >= 0.3 is 5.69 Å². The van der Waals surface area contributed by atoms with E-state index >= 15 is 4.39 Å². The van der Waals surface area contributed by atoms with Crippen LogP contribution in [0.5, 0.6) is 5.75 Å². The molecule has 44 heavy (non-hydrogen) atoms. The number of aryl methyl sites for hydroxylation is 1. The Kier molecular flexibility index (Phi) is 7.53. The molecule has 0 spiro atoms. The lowest BCUT2D eigenvalue weighted by atomic mass is 10.00. The maximum atomic E-state index is 16.7. The van der Waals surface area contributed by atoms with Gasteiger partial charge in [-0.2, -0.15) is 4.98 Å². The van der Waals surface area contributed by atoms with Crippen LogP contribution in [0.2, 0.25) is 5.02 Å². The molecule has 1 saturated heterocycles. The van der Waals surface area contributed by atoms with Crippen molar-refractivity contribution >= 4 is 40.0 Å². The highest BCUT2D eigenvalue weighted by molar-refractivity contribution is 6.33. The van der Waals surface area contributed by atoms with Gasteiger partial charge in [-0.05, 0) is 56.0 Å². The Morgan fingerprint density at radius 3 is 2.73 bits per heavy atom. The molecule has 1 fully saturated rings. The number of hydrogen-bond acceptors (Lipinski definition) is 8. The van der Waals surface area contributed by atoms with E-state index in [2.05, 4.69) is 21.9 Å². The highest BCUT2D eigenvalue weighted by Crippen LogP contribution is 2.44. The molecule has 4 aromatic rings. The maximum Gasteiger partial charge on any atom is 0.355 e.